The van der Waals surface area contributed by atoms with Gasteiger partial charge in [-0.25, -0.2) is 4.79 Å². The summed E-state index contributed by atoms with van der Waals surface area (Å²) in [6.07, 6.45) is 11.6. The monoisotopic (exact) mass is 222 g/mol. The molecule has 2 heteroatoms. The minimum Gasteiger partial charge on any atom is -0.466 e. The molecule has 0 aromatic carbocycles. The van der Waals surface area contributed by atoms with Gasteiger partial charge in [0.05, 0.1) is 7.11 Å². The van der Waals surface area contributed by atoms with Crippen LogP contribution in [0.5, 0.6) is 0 Å². The second kappa shape index (κ2) is 8.96. The van der Waals surface area contributed by atoms with Gasteiger partial charge in [-0.2, -0.15) is 0 Å². The molecule has 0 aromatic rings. The third-order valence-electron chi connectivity index (χ3n) is 2.16. The van der Waals surface area contributed by atoms with Gasteiger partial charge in [0.1, 0.15) is 0 Å². The Kier molecular flexibility index (Phi) is 8.22. The number of methoxy groups -OCH3 is 1. The zero-order chi connectivity index (χ0) is 12.4. The van der Waals surface area contributed by atoms with E-state index in [0.717, 1.165) is 12.8 Å². The lowest BCUT2D eigenvalue weighted by molar-refractivity contribution is -0.134. The molecule has 0 aliphatic heterocycles. The number of rotatable bonds is 6. The van der Waals surface area contributed by atoms with E-state index in [4.69, 9.17) is 0 Å². The van der Waals surface area contributed by atoms with Gasteiger partial charge in [0.15, 0.2) is 0 Å². The van der Waals surface area contributed by atoms with Crippen LogP contribution in [-0.4, -0.2) is 13.1 Å². The van der Waals surface area contributed by atoms with E-state index in [9.17, 15) is 4.79 Å². The summed E-state index contributed by atoms with van der Waals surface area (Å²) in [5.74, 6) is 0.208. The highest BCUT2D eigenvalue weighted by Gasteiger charge is 1.94. The molecule has 0 bridgehead atoms. The fourth-order valence-corrected chi connectivity index (χ4v) is 1.19. The highest BCUT2D eigenvalue weighted by molar-refractivity contribution is 5.82. The van der Waals surface area contributed by atoms with Crippen molar-refractivity contribution in [3.05, 3.63) is 36.0 Å². The summed E-state index contributed by atoms with van der Waals surface area (Å²) in [6.45, 7) is 6.39. The molecule has 0 aromatic heterocycles. The van der Waals surface area contributed by atoms with Crippen molar-refractivity contribution in [2.75, 3.05) is 7.11 Å². The van der Waals surface area contributed by atoms with Gasteiger partial charge < -0.3 is 4.74 Å². The summed E-state index contributed by atoms with van der Waals surface area (Å²) in [7, 11) is 1.37. The molecule has 0 aliphatic rings. The van der Waals surface area contributed by atoms with Gasteiger partial charge >= 0.3 is 5.97 Å². The lowest BCUT2D eigenvalue weighted by atomic mass is 10.0. The Morgan fingerprint density at radius 2 is 2.00 bits per heavy atom. The van der Waals surface area contributed by atoms with Crippen LogP contribution in [-0.2, 0) is 9.53 Å². The van der Waals surface area contributed by atoms with E-state index in [1.807, 2.05) is 6.08 Å². The molecule has 0 rings (SSSR count). The minimum atomic E-state index is -0.318. The summed E-state index contributed by atoms with van der Waals surface area (Å²) < 4.78 is 4.48. The van der Waals surface area contributed by atoms with Crippen molar-refractivity contribution >= 4 is 5.97 Å². The lowest BCUT2D eigenvalue weighted by Gasteiger charge is -2.02. The first-order valence-corrected chi connectivity index (χ1v) is 5.62. The molecule has 90 valence electrons. The van der Waals surface area contributed by atoms with Crippen molar-refractivity contribution in [2.45, 2.75) is 33.6 Å². The minimum absolute atomic E-state index is 0.318. The Hall–Kier alpha value is -1.31. The predicted octanol–water partition coefficient (Wildman–Crippen LogP) is 3.65. The van der Waals surface area contributed by atoms with Crippen LogP contribution in [0.3, 0.4) is 0 Å². The smallest absolute Gasteiger partial charge is 0.330 e. The van der Waals surface area contributed by atoms with E-state index in [1.54, 1.807) is 6.08 Å². The topological polar surface area (TPSA) is 26.3 Å². The Labute approximate surface area is 98.7 Å². The first-order chi connectivity index (χ1) is 7.56. The summed E-state index contributed by atoms with van der Waals surface area (Å²) >= 11 is 0. The molecule has 2 nitrogen and oxygen atoms in total. The van der Waals surface area contributed by atoms with Gasteiger partial charge in [0.2, 0.25) is 0 Å². The van der Waals surface area contributed by atoms with E-state index >= 15 is 0 Å². The molecule has 0 spiro atoms. The number of carbonyl (C=O) groups excluding carboxylic acids is 1. The molecule has 0 saturated carbocycles. The van der Waals surface area contributed by atoms with E-state index in [1.165, 1.54) is 18.8 Å². The number of hydrogen-bond acceptors (Lipinski definition) is 2. The molecular formula is C14H22O2. The van der Waals surface area contributed by atoms with Gasteiger partial charge in [0, 0.05) is 6.08 Å². The SMILES string of the molecule is COC(=O)/C=C/C=C/C(C)CCC=C(C)C. The average molecular weight is 222 g/mol. The average Bonchev–Trinajstić information content (AvgIpc) is 2.23. The van der Waals surface area contributed by atoms with Crippen molar-refractivity contribution in [1.82, 2.24) is 0 Å². The van der Waals surface area contributed by atoms with Crippen molar-refractivity contribution < 1.29 is 9.53 Å². The Bertz CT molecular complexity index is 281. The standard InChI is InChI=1S/C14H22O2/c1-12(2)8-7-10-13(3)9-5-6-11-14(15)16-4/h5-6,8-9,11,13H,7,10H2,1-4H3/b9-5+,11-6+. The van der Waals surface area contributed by atoms with E-state index in [-0.39, 0.29) is 5.97 Å². The number of carbonyl (C=O) groups is 1. The maximum Gasteiger partial charge on any atom is 0.330 e. The molecule has 0 heterocycles. The largest absolute Gasteiger partial charge is 0.466 e. The third-order valence-corrected chi connectivity index (χ3v) is 2.16. The van der Waals surface area contributed by atoms with Gasteiger partial charge in [-0.15, -0.1) is 0 Å². The van der Waals surface area contributed by atoms with E-state index in [2.05, 4.69) is 37.7 Å². The Balaban J connectivity index is 3.82. The fourth-order valence-electron chi connectivity index (χ4n) is 1.19. The summed E-state index contributed by atoms with van der Waals surface area (Å²) in [5, 5.41) is 0. The first-order valence-electron chi connectivity index (χ1n) is 5.62. The Morgan fingerprint density at radius 3 is 2.56 bits per heavy atom. The van der Waals surface area contributed by atoms with Crippen LogP contribution in [0.4, 0.5) is 0 Å². The van der Waals surface area contributed by atoms with Crippen LogP contribution in [0.25, 0.3) is 0 Å². The highest BCUT2D eigenvalue weighted by Crippen LogP contribution is 2.09. The number of ether oxygens (including phenoxy) is 1. The second-order valence-corrected chi connectivity index (χ2v) is 4.10. The molecule has 1 unspecified atom stereocenters. The predicted molar refractivity (Wildman–Crippen MR) is 68.1 cm³/mol. The van der Waals surface area contributed by atoms with E-state index < -0.39 is 0 Å². The van der Waals surface area contributed by atoms with E-state index in [0.29, 0.717) is 5.92 Å². The third kappa shape index (κ3) is 9.25. The van der Waals surface area contributed by atoms with Crippen LogP contribution in [0.2, 0.25) is 0 Å². The zero-order valence-electron chi connectivity index (χ0n) is 10.7. The highest BCUT2D eigenvalue weighted by atomic mass is 16.5. The van der Waals surface area contributed by atoms with Gasteiger partial charge in [0.25, 0.3) is 0 Å². The molecule has 0 fully saturated rings. The summed E-state index contributed by atoms with van der Waals surface area (Å²) in [6, 6.07) is 0. The van der Waals surface area contributed by atoms with Crippen LogP contribution < -0.4 is 0 Å². The van der Waals surface area contributed by atoms with Crippen molar-refractivity contribution in [1.29, 1.82) is 0 Å². The van der Waals surface area contributed by atoms with Crippen LogP contribution in [0.1, 0.15) is 33.6 Å². The molecule has 16 heavy (non-hydrogen) atoms. The van der Waals surface area contributed by atoms with Crippen molar-refractivity contribution in [3.63, 3.8) is 0 Å². The first kappa shape index (κ1) is 14.7. The maximum absolute atomic E-state index is 10.8. The number of hydrogen-bond donors (Lipinski definition) is 0. The molecular weight excluding hydrogens is 200 g/mol. The Morgan fingerprint density at radius 1 is 1.31 bits per heavy atom. The van der Waals surface area contributed by atoms with Crippen molar-refractivity contribution in [2.24, 2.45) is 5.92 Å². The number of esters is 1. The summed E-state index contributed by atoms with van der Waals surface area (Å²) in [4.78, 5) is 10.8. The van der Waals surface area contributed by atoms with Gasteiger partial charge in [-0.3, -0.25) is 0 Å². The number of allylic oxidation sites excluding steroid dienone is 5. The fraction of sp³-hybridized carbons (Fsp3) is 0.500. The molecule has 0 saturated heterocycles. The second-order valence-electron chi connectivity index (χ2n) is 4.10. The van der Waals surface area contributed by atoms with Crippen molar-refractivity contribution in [3.8, 4) is 0 Å². The van der Waals surface area contributed by atoms with Crippen LogP contribution in [0.15, 0.2) is 36.0 Å². The molecule has 0 amide bonds. The molecule has 0 radical (unpaired) electrons. The lowest BCUT2D eigenvalue weighted by Crippen LogP contribution is -1.93. The van der Waals surface area contributed by atoms with Crippen LogP contribution in [0, 0.1) is 5.92 Å². The quantitative estimate of drug-likeness (QED) is 0.297. The van der Waals surface area contributed by atoms with Crippen LogP contribution >= 0.6 is 0 Å². The molecule has 0 aliphatic carbocycles. The zero-order valence-corrected chi connectivity index (χ0v) is 10.7. The van der Waals surface area contributed by atoms with Gasteiger partial charge in [-0.05, 0) is 32.6 Å². The van der Waals surface area contributed by atoms with Gasteiger partial charge in [-0.1, -0.05) is 36.8 Å². The normalized spacial score (nSPS) is 13.0. The summed E-state index contributed by atoms with van der Waals surface area (Å²) in [5.41, 5.74) is 1.36. The molecule has 1 atom stereocenters. The maximum atomic E-state index is 10.8. The molecule has 0 N–H and O–H groups in total.